The van der Waals surface area contributed by atoms with Gasteiger partial charge in [-0.25, -0.2) is 26.8 Å². The van der Waals surface area contributed by atoms with Crippen molar-refractivity contribution in [3.05, 3.63) is 224 Å². The van der Waals surface area contributed by atoms with Gasteiger partial charge in [-0.15, -0.1) is 22.7 Å². The fraction of sp³-hybridized carbons (Fsp3) is 0.250. The number of benzene rings is 6. The third-order valence-corrected chi connectivity index (χ3v) is 21.0. The number of amides is 2. The summed E-state index contributed by atoms with van der Waals surface area (Å²) in [5.41, 5.74) is 6.44. The van der Waals surface area contributed by atoms with Crippen molar-refractivity contribution in [1.29, 1.82) is 0 Å². The number of sulfonamides is 2. The molecular formula is C64H60N6O6S4. The molecule has 2 aliphatic carbocycles. The molecule has 8 aromatic rings. The molecule has 2 aromatic heterocycles. The van der Waals surface area contributed by atoms with Crippen molar-refractivity contribution in [3.63, 3.8) is 0 Å². The van der Waals surface area contributed by atoms with Gasteiger partial charge in [-0.2, -0.15) is 8.61 Å². The molecule has 2 fully saturated rings. The highest BCUT2D eigenvalue weighted by Crippen LogP contribution is 2.47. The van der Waals surface area contributed by atoms with E-state index in [9.17, 15) is 9.59 Å². The molecule has 406 valence electrons. The molecule has 2 aliphatic heterocycles. The van der Waals surface area contributed by atoms with Crippen LogP contribution in [0.4, 0.5) is 11.4 Å². The van der Waals surface area contributed by atoms with Crippen molar-refractivity contribution in [2.45, 2.75) is 86.8 Å². The highest BCUT2D eigenvalue weighted by molar-refractivity contribution is 7.89. The lowest BCUT2D eigenvalue weighted by Gasteiger charge is -2.35. The van der Waals surface area contributed by atoms with Gasteiger partial charge < -0.3 is 9.80 Å². The average molecular weight is 1140 g/mol. The average Bonchev–Trinajstić information content (AvgIpc) is 4.37. The number of carbonyl (C=O) groups is 2. The van der Waals surface area contributed by atoms with Gasteiger partial charge in [0, 0.05) is 65.4 Å². The van der Waals surface area contributed by atoms with Gasteiger partial charge in [0.2, 0.25) is 20.0 Å². The first kappa shape index (κ1) is 53.5. The van der Waals surface area contributed by atoms with Crippen LogP contribution in [0.15, 0.2) is 185 Å². The minimum atomic E-state index is -4.19. The Hall–Kier alpha value is -7.18. The number of aromatic nitrogens is 2. The van der Waals surface area contributed by atoms with E-state index < -0.39 is 44.2 Å². The zero-order chi connectivity index (χ0) is 55.3. The van der Waals surface area contributed by atoms with Crippen molar-refractivity contribution < 1.29 is 26.4 Å². The van der Waals surface area contributed by atoms with Crippen molar-refractivity contribution >= 4 is 89.2 Å². The minimum Gasteiger partial charge on any atom is -0.307 e. The van der Waals surface area contributed by atoms with E-state index in [1.54, 1.807) is 79.4 Å². The summed E-state index contributed by atoms with van der Waals surface area (Å²) in [6.45, 7) is 6.63. The van der Waals surface area contributed by atoms with Crippen LogP contribution in [0, 0.1) is 11.8 Å². The number of nitrogens with zero attached hydrogens (tertiary/aromatic N) is 6. The largest absolute Gasteiger partial charge is 0.307 e. The molecule has 6 aromatic carbocycles. The highest BCUT2D eigenvalue weighted by Gasteiger charge is 2.43. The first-order chi connectivity index (χ1) is 38.7. The summed E-state index contributed by atoms with van der Waals surface area (Å²) in [4.78, 5) is 43.3. The summed E-state index contributed by atoms with van der Waals surface area (Å²) < 4.78 is 64.2. The lowest BCUT2D eigenvalue weighted by molar-refractivity contribution is -0.114. The predicted octanol–water partition coefficient (Wildman–Crippen LogP) is 12.8. The summed E-state index contributed by atoms with van der Waals surface area (Å²) in [5.74, 6) is 0.154. The van der Waals surface area contributed by atoms with E-state index in [0.29, 0.717) is 69.1 Å². The number of hydrogen-bond acceptors (Lipinski definition) is 10. The summed E-state index contributed by atoms with van der Waals surface area (Å²) in [6, 6.07) is 46.9. The molecule has 16 heteroatoms. The zero-order valence-electron chi connectivity index (χ0n) is 44.6. The normalized spacial score (nSPS) is 17.1. The van der Waals surface area contributed by atoms with Crippen LogP contribution in [0.25, 0.3) is 23.3 Å². The fourth-order valence-corrected chi connectivity index (χ4v) is 16.3. The van der Waals surface area contributed by atoms with Crippen LogP contribution in [-0.4, -0.2) is 72.4 Å². The Morgan fingerprint density at radius 3 is 1.65 bits per heavy atom. The molecule has 0 saturated heterocycles. The molecule has 4 heterocycles. The second-order valence-corrected chi connectivity index (χ2v) is 27.3. The van der Waals surface area contributed by atoms with Crippen molar-refractivity contribution in [2.24, 2.45) is 11.8 Å². The van der Waals surface area contributed by atoms with Gasteiger partial charge in [0.05, 0.1) is 44.4 Å². The molecule has 1 unspecified atom stereocenters. The maximum Gasteiger partial charge on any atom is 0.259 e. The third-order valence-electron chi connectivity index (χ3n) is 15.5. The standard InChI is InChI=1S/C64H60N6O6S4/c1-42(2)70(62(48-20-12-6-13-21-48)49-22-14-7-15-23-49)80(75,76)52-29-31-58-54(36-52)56(37-59-65-32-33-77-59)64(72)69(58)43(3)34-50-39-66-60(78-50)38-55-53-35-51(28-30-57(53)67(63(55)71)40-44-24-25-44)79(73,74)68(41-45-26-27-45)61(46-16-8-4-9-17-46)47-18-10-5-11-19-47/h4-23,28-33,35-39,42-45,61-62H,24-27,34,40-41H2,1-3H3/b55-38+,56-37+. The van der Waals surface area contributed by atoms with Crippen LogP contribution in [-0.2, 0) is 36.1 Å². The smallest absolute Gasteiger partial charge is 0.259 e. The van der Waals surface area contributed by atoms with Crippen molar-refractivity contribution in [1.82, 2.24) is 18.6 Å². The van der Waals surface area contributed by atoms with E-state index in [0.717, 1.165) is 52.8 Å². The van der Waals surface area contributed by atoms with Crippen molar-refractivity contribution in [3.8, 4) is 0 Å². The second-order valence-electron chi connectivity index (χ2n) is 21.5. The topological polar surface area (TPSA) is 141 Å². The Balaban J connectivity index is 0.860. The Labute approximate surface area is 476 Å². The Bertz CT molecular complexity index is 3800. The molecule has 0 spiro atoms. The first-order valence-electron chi connectivity index (χ1n) is 27.2. The number of hydrogen-bond donors (Lipinski definition) is 0. The molecule has 4 aliphatic rings. The van der Waals surface area contributed by atoms with E-state index >= 15 is 16.8 Å². The number of rotatable bonds is 20. The summed E-state index contributed by atoms with van der Waals surface area (Å²) >= 11 is 2.79. The van der Waals surface area contributed by atoms with E-state index in [-0.39, 0.29) is 27.5 Å². The van der Waals surface area contributed by atoms with Crippen LogP contribution in [0.1, 0.15) is 107 Å². The maximum absolute atomic E-state index is 15.3. The van der Waals surface area contributed by atoms with E-state index in [2.05, 4.69) is 4.98 Å². The summed E-state index contributed by atoms with van der Waals surface area (Å²) in [5, 5.41) is 3.01. The number of anilines is 2. The molecule has 0 radical (unpaired) electrons. The first-order valence-corrected chi connectivity index (χ1v) is 31.8. The quantitative estimate of drug-likeness (QED) is 0.0687. The van der Waals surface area contributed by atoms with Gasteiger partial charge in [0.1, 0.15) is 10.0 Å². The lowest BCUT2D eigenvalue weighted by Crippen LogP contribution is -2.40. The molecule has 0 N–H and O–H groups in total. The van der Waals surface area contributed by atoms with Gasteiger partial charge in [-0.05, 0) is 129 Å². The molecule has 0 bridgehead atoms. The number of carbonyl (C=O) groups excluding carboxylic acids is 2. The number of fused-ring (bicyclic) bond motifs is 2. The minimum absolute atomic E-state index is 0.0666. The van der Waals surface area contributed by atoms with Gasteiger partial charge in [0.25, 0.3) is 11.8 Å². The Morgan fingerprint density at radius 1 is 0.600 bits per heavy atom. The third kappa shape index (κ3) is 10.6. The van der Waals surface area contributed by atoms with E-state index in [1.165, 1.54) is 22.7 Å². The molecule has 12 rings (SSSR count). The second kappa shape index (κ2) is 22.0. The monoisotopic (exact) mass is 1140 g/mol. The molecule has 2 amide bonds. The summed E-state index contributed by atoms with van der Waals surface area (Å²) in [6.07, 6.45) is 11.3. The molecule has 80 heavy (non-hydrogen) atoms. The zero-order valence-corrected chi connectivity index (χ0v) is 47.8. The highest BCUT2D eigenvalue weighted by atomic mass is 32.2. The molecule has 12 nitrogen and oxygen atoms in total. The molecular weight excluding hydrogens is 1080 g/mol. The van der Waals surface area contributed by atoms with Crippen molar-refractivity contribution in [2.75, 3.05) is 22.9 Å². The van der Waals surface area contributed by atoms with Crippen LogP contribution in [0.3, 0.4) is 0 Å². The Kier molecular flexibility index (Phi) is 14.7. The molecule has 1 atom stereocenters. The van der Waals surface area contributed by atoms with Crippen LogP contribution in [0.2, 0.25) is 0 Å². The van der Waals surface area contributed by atoms with Crippen LogP contribution >= 0.6 is 22.7 Å². The van der Waals surface area contributed by atoms with Gasteiger partial charge >= 0.3 is 0 Å². The van der Waals surface area contributed by atoms with Gasteiger partial charge in [-0.1, -0.05) is 121 Å². The Morgan fingerprint density at radius 2 is 1.11 bits per heavy atom. The summed E-state index contributed by atoms with van der Waals surface area (Å²) in [7, 11) is -8.32. The number of thiazole rings is 2. The van der Waals surface area contributed by atoms with Crippen LogP contribution < -0.4 is 9.80 Å². The van der Waals surface area contributed by atoms with Gasteiger partial charge in [0.15, 0.2) is 0 Å². The fourth-order valence-electron chi connectivity index (χ4n) is 11.2. The van der Waals surface area contributed by atoms with Gasteiger partial charge in [-0.3, -0.25) is 9.59 Å². The maximum atomic E-state index is 15.3. The van der Waals surface area contributed by atoms with E-state index in [1.807, 2.05) is 147 Å². The predicted molar refractivity (Wildman–Crippen MR) is 319 cm³/mol. The lowest BCUT2D eigenvalue weighted by atomic mass is 9.98. The van der Waals surface area contributed by atoms with E-state index in [4.69, 9.17) is 4.98 Å². The SMILES string of the molecule is CC(Cc1cnc(/C=C2/C(=O)N(CC3CC3)c3ccc(S(=O)(=O)N(CC4CC4)C(c4ccccc4)c4ccccc4)cc32)s1)N1C(=O)/C(=C/c2nccs2)c2cc(S(=O)(=O)N(C(C)C)C(c3ccccc3)c3ccccc3)ccc21. The molecule has 2 saturated carbocycles. The van der Waals surface area contributed by atoms with Crippen LogP contribution in [0.5, 0.6) is 0 Å².